The van der Waals surface area contributed by atoms with E-state index in [9.17, 15) is 4.79 Å². The second-order valence-electron chi connectivity index (χ2n) is 6.00. The number of Topliss-reactive ketones (excluding diaryl/α,β-unsaturated/α-hetero) is 1. The summed E-state index contributed by atoms with van der Waals surface area (Å²) in [5.41, 5.74) is 1.89. The molecule has 0 heterocycles. The van der Waals surface area contributed by atoms with Crippen molar-refractivity contribution in [1.29, 1.82) is 0 Å². The van der Waals surface area contributed by atoms with Gasteiger partial charge in [-0.2, -0.15) is 0 Å². The highest BCUT2D eigenvalue weighted by Crippen LogP contribution is 2.54. The Morgan fingerprint density at radius 2 is 2.07 bits per heavy atom. The lowest BCUT2D eigenvalue weighted by atomic mass is 9.53. The van der Waals surface area contributed by atoms with Crippen molar-refractivity contribution in [2.24, 2.45) is 17.3 Å². The van der Waals surface area contributed by atoms with E-state index in [4.69, 9.17) is 0 Å². The normalized spacial score (nSPS) is 38.9. The first-order valence-corrected chi connectivity index (χ1v) is 6.19. The van der Waals surface area contributed by atoms with Crippen molar-refractivity contribution in [3.8, 4) is 0 Å². The highest BCUT2D eigenvalue weighted by Gasteiger charge is 2.49. The fourth-order valence-corrected chi connectivity index (χ4v) is 3.31. The monoisotopic (exact) mass is 206 g/mol. The summed E-state index contributed by atoms with van der Waals surface area (Å²) in [6, 6.07) is 0. The number of hydrogen-bond acceptors (Lipinski definition) is 1. The maximum atomic E-state index is 11.9. The van der Waals surface area contributed by atoms with Gasteiger partial charge in [-0.1, -0.05) is 25.5 Å². The second-order valence-corrected chi connectivity index (χ2v) is 6.00. The first-order valence-electron chi connectivity index (χ1n) is 6.19. The molecule has 0 radical (unpaired) electrons. The first-order chi connectivity index (χ1) is 7.00. The predicted octanol–water partition coefficient (Wildman–Crippen LogP) is 3.74. The fourth-order valence-electron chi connectivity index (χ4n) is 3.31. The summed E-state index contributed by atoms with van der Waals surface area (Å²) in [4.78, 5) is 11.9. The molecule has 0 N–H and O–H groups in total. The number of rotatable bonds is 0. The van der Waals surface area contributed by atoms with E-state index in [2.05, 4.69) is 26.8 Å². The van der Waals surface area contributed by atoms with E-state index in [-0.39, 0.29) is 0 Å². The van der Waals surface area contributed by atoms with Crippen LogP contribution in [-0.4, -0.2) is 5.78 Å². The van der Waals surface area contributed by atoms with E-state index in [1.807, 2.05) is 0 Å². The summed E-state index contributed by atoms with van der Waals surface area (Å²) in [5, 5.41) is 0. The Morgan fingerprint density at radius 1 is 1.33 bits per heavy atom. The van der Waals surface area contributed by atoms with Gasteiger partial charge in [0.05, 0.1) is 0 Å². The number of fused-ring (bicyclic) bond motifs is 1. The zero-order chi connectivity index (χ0) is 11.1. The standard InChI is InChI=1S/C14H22O/c1-10-5-4-6-13(15)11-9-14(2,3)12(11)8-7-10/h5,11-12H,4,6-9H2,1-3H3/b10-5+/t11-,12+/m0/s1. The zero-order valence-corrected chi connectivity index (χ0v) is 10.2. The highest BCUT2D eigenvalue weighted by molar-refractivity contribution is 5.82. The number of carbonyl (C=O) groups is 1. The number of hydrogen-bond donors (Lipinski definition) is 0. The highest BCUT2D eigenvalue weighted by atomic mass is 16.1. The maximum absolute atomic E-state index is 11.9. The maximum Gasteiger partial charge on any atom is 0.136 e. The van der Waals surface area contributed by atoms with Crippen LogP contribution in [0.1, 0.15) is 52.9 Å². The minimum atomic E-state index is 0.388. The van der Waals surface area contributed by atoms with Crippen molar-refractivity contribution in [2.45, 2.75) is 52.9 Å². The van der Waals surface area contributed by atoms with Crippen LogP contribution in [0.15, 0.2) is 11.6 Å². The van der Waals surface area contributed by atoms with Crippen LogP contribution in [-0.2, 0) is 4.79 Å². The van der Waals surface area contributed by atoms with Gasteiger partial charge in [-0.25, -0.2) is 0 Å². The van der Waals surface area contributed by atoms with Crippen molar-refractivity contribution < 1.29 is 4.79 Å². The first kappa shape index (κ1) is 10.9. The van der Waals surface area contributed by atoms with Gasteiger partial charge in [0.2, 0.25) is 0 Å². The van der Waals surface area contributed by atoms with Gasteiger partial charge in [-0.15, -0.1) is 0 Å². The van der Waals surface area contributed by atoms with E-state index >= 15 is 0 Å². The van der Waals surface area contributed by atoms with Crippen molar-refractivity contribution in [3.63, 3.8) is 0 Å². The summed E-state index contributed by atoms with van der Waals surface area (Å²) in [5.74, 6) is 1.55. The molecule has 2 rings (SSSR count). The molecule has 0 amide bonds. The van der Waals surface area contributed by atoms with Gasteiger partial charge in [0, 0.05) is 12.3 Å². The molecule has 1 fully saturated rings. The minimum Gasteiger partial charge on any atom is -0.299 e. The third-order valence-electron chi connectivity index (χ3n) is 4.38. The van der Waals surface area contributed by atoms with Crippen molar-refractivity contribution in [3.05, 3.63) is 11.6 Å². The predicted molar refractivity (Wildman–Crippen MR) is 62.6 cm³/mol. The summed E-state index contributed by atoms with van der Waals surface area (Å²) in [6.07, 6.45) is 7.53. The quantitative estimate of drug-likeness (QED) is 0.552. The molecular formula is C14H22O. The smallest absolute Gasteiger partial charge is 0.136 e. The lowest BCUT2D eigenvalue weighted by Crippen LogP contribution is -2.47. The number of carbonyl (C=O) groups excluding carboxylic acids is 1. The molecule has 1 heteroatoms. The summed E-state index contributed by atoms with van der Waals surface area (Å²) >= 11 is 0. The van der Waals surface area contributed by atoms with Crippen molar-refractivity contribution in [2.75, 3.05) is 0 Å². The molecule has 0 aromatic carbocycles. The van der Waals surface area contributed by atoms with Crippen LogP contribution in [0.25, 0.3) is 0 Å². The lowest BCUT2D eigenvalue weighted by molar-refractivity contribution is -0.136. The van der Waals surface area contributed by atoms with Crippen molar-refractivity contribution in [1.82, 2.24) is 0 Å². The zero-order valence-electron chi connectivity index (χ0n) is 10.2. The molecule has 0 aromatic rings. The van der Waals surface area contributed by atoms with Crippen LogP contribution in [0.4, 0.5) is 0 Å². The van der Waals surface area contributed by atoms with E-state index in [1.54, 1.807) is 0 Å². The Bertz CT molecular complexity index is 298. The molecule has 0 unspecified atom stereocenters. The molecule has 0 aromatic heterocycles. The van der Waals surface area contributed by atoms with Crippen LogP contribution >= 0.6 is 0 Å². The van der Waals surface area contributed by atoms with E-state index in [1.165, 1.54) is 18.4 Å². The largest absolute Gasteiger partial charge is 0.299 e. The van der Waals surface area contributed by atoms with Crippen LogP contribution in [0.2, 0.25) is 0 Å². The van der Waals surface area contributed by atoms with Crippen LogP contribution in [0.5, 0.6) is 0 Å². The van der Waals surface area contributed by atoms with Gasteiger partial charge in [0.1, 0.15) is 5.78 Å². The van der Waals surface area contributed by atoms with E-state index in [0.717, 1.165) is 19.3 Å². The average Bonchev–Trinajstić information content (AvgIpc) is 2.18. The SMILES string of the molecule is C/C1=C\CCC(=O)[C@H]2CC(C)(C)[C@@H]2CC1. The molecule has 15 heavy (non-hydrogen) atoms. The fraction of sp³-hybridized carbons (Fsp3) is 0.786. The summed E-state index contributed by atoms with van der Waals surface area (Å²) in [7, 11) is 0. The third-order valence-corrected chi connectivity index (χ3v) is 4.38. The van der Waals surface area contributed by atoms with E-state index in [0.29, 0.717) is 23.0 Å². The van der Waals surface area contributed by atoms with Crippen LogP contribution < -0.4 is 0 Å². The van der Waals surface area contributed by atoms with Crippen LogP contribution in [0, 0.1) is 17.3 Å². The Kier molecular flexibility index (Phi) is 2.74. The Labute approximate surface area is 92.9 Å². The van der Waals surface area contributed by atoms with Gasteiger partial charge < -0.3 is 0 Å². The Hall–Kier alpha value is -0.590. The minimum absolute atomic E-state index is 0.388. The third kappa shape index (κ3) is 2.02. The summed E-state index contributed by atoms with van der Waals surface area (Å²) < 4.78 is 0. The topological polar surface area (TPSA) is 17.1 Å². The lowest BCUT2D eigenvalue weighted by Gasteiger charge is -2.51. The van der Waals surface area contributed by atoms with E-state index < -0.39 is 0 Å². The Balaban J connectivity index is 2.12. The van der Waals surface area contributed by atoms with Gasteiger partial charge >= 0.3 is 0 Å². The van der Waals surface area contributed by atoms with Gasteiger partial charge in [0.25, 0.3) is 0 Å². The van der Waals surface area contributed by atoms with Gasteiger partial charge in [-0.05, 0) is 43.9 Å². The average molecular weight is 206 g/mol. The number of ketones is 1. The molecule has 0 aliphatic heterocycles. The molecule has 2 aliphatic rings. The molecule has 1 nitrogen and oxygen atoms in total. The molecule has 0 saturated heterocycles. The van der Waals surface area contributed by atoms with Crippen LogP contribution in [0.3, 0.4) is 0 Å². The summed E-state index contributed by atoms with van der Waals surface area (Å²) in [6.45, 7) is 6.84. The molecule has 2 atom stereocenters. The van der Waals surface area contributed by atoms with Gasteiger partial charge in [0.15, 0.2) is 0 Å². The van der Waals surface area contributed by atoms with Crippen molar-refractivity contribution >= 4 is 5.78 Å². The molecule has 2 aliphatic carbocycles. The molecule has 0 spiro atoms. The Morgan fingerprint density at radius 3 is 2.73 bits per heavy atom. The number of allylic oxidation sites excluding steroid dienone is 2. The molecular weight excluding hydrogens is 184 g/mol. The molecule has 0 bridgehead atoms. The van der Waals surface area contributed by atoms with Gasteiger partial charge in [-0.3, -0.25) is 4.79 Å². The second kappa shape index (κ2) is 3.77. The molecule has 1 saturated carbocycles. The molecule has 84 valence electrons.